The van der Waals surface area contributed by atoms with Gasteiger partial charge in [-0.15, -0.1) is 0 Å². The first-order valence-corrected chi connectivity index (χ1v) is 6.54. The van der Waals surface area contributed by atoms with Gasteiger partial charge in [0, 0.05) is 12.4 Å². The maximum Gasteiger partial charge on any atom is 0.321 e. The number of aliphatic hydroxyl groups is 1. The molecule has 0 aromatic heterocycles. The van der Waals surface area contributed by atoms with Crippen LogP contribution in [-0.2, 0) is 19.2 Å². The number of rotatable bonds is 8. The van der Waals surface area contributed by atoms with Gasteiger partial charge in [-0.3, -0.25) is 14.4 Å². The molecule has 2 atom stereocenters. The van der Waals surface area contributed by atoms with E-state index in [2.05, 4.69) is 0 Å². The van der Waals surface area contributed by atoms with E-state index in [0.717, 1.165) is 0 Å². The quantitative estimate of drug-likeness (QED) is 0.337. The lowest BCUT2D eigenvalue weighted by Crippen LogP contribution is -2.55. The number of hydrogen-bond donors (Lipinski definition) is 4. The Morgan fingerprint density at radius 1 is 1.17 bits per heavy atom. The molecule has 0 heterocycles. The monoisotopic (exact) mass is 336 g/mol. The molecule has 0 aliphatic carbocycles. The number of quaternary nitrogens is 1. The first kappa shape index (κ1) is 23.2. The summed E-state index contributed by atoms with van der Waals surface area (Å²) in [5.41, 5.74) is 3.01. The Morgan fingerprint density at radius 2 is 1.61 bits per heavy atom. The second-order valence-electron chi connectivity index (χ2n) is 6.13. The first-order valence-electron chi connectivity index (χ1n) is 6.54. The van der Waals surface area contributed by atoms with Gasteiger partial charge in [0.1, 0.15) is 12.6 Å². The average molecular weight is 336 g/mol. The number of Topliss-reactive ketones (excluding diaryl/α,β-unsaturated/α-hetero) is 1. The maximum absolute atomic E-state index is 11.1. The van der Waals surface area contributed by atoms with E-state index in [9.17, 15) is 29.4 Å². The number of nitrogens with two attached hydrogens (primary N) is 1. The van der Waals surface area contributed by atoms with Crippen LogP contribution in [0.4, 0.5) is 0 Å². The molecule has 0 unspecified atom stereocenters. The zero-order valence-electron chi connectivity index (χ0n) is 13.6. The van der Waals surface area contributed by atoms with E-state index in [0.29, 0.717) is 4.48 Å². The number of carbonyl (C=O) groups excluding carboxylic acids is 2. The topological polar surface area (TPSA) is 178 Å². The number of nitrogens with zero attached hydrogens (tertiary/aromatic N) is 1. The first-order chi connectivity index (χ1) is 10.1. The van der Waals surface area contributed by atoms with Crippen molar-refractivity contribution < 1.29 is 44.1 Å². The molecule has 23 heavy (non-hydrogen) atoms. The van der Waals surface area contributed by atoms with Gasteiger partial charge in [0.05, 0.1) is 27.6 Å². The molecular weight excluding hydrogens is 312 g/mol. The van der Waals surface area contributed by atoms with Crippen LogP contribution in [0.3, 0.4) is 0 Å². The maximum atomic E-state index is 11.1. The van der Waals surface area contributed by atoms with Crippen molar-refractivity contribution in [1.29, 1.82) is 0 Å². The molecule has 0 aliphatic heterocycles. The molecule has 0 bridgehead atoms. The lowest BCUT2D eigenvalue weighted by molar-refractivity contribution is -0.875. The van der Waals surface area contributed by atoms with Crippen molar-refractivity contribution in [1.82, 2.24) is 0 Å². The Kier molecular flexibility index (Phi) is 9.27. The van der Waals surface area contributed by atoms with Crippen molar-refractivity contribution in [3.63, 3.8) is 0 Å². The summed E-state index contributed by atoms with van der Waals surface area (Å²) in [7, 11) is 5.30. The van der Waals surface area contributed by atoms with E-state index < -0.39 is 48.2 Å². The van der Waals surface area contributed by atoms with Gasteiger partial charge in [-0.2, -0.15) is 0 Å². The van der Waals surface area contributed by atoms with E-state index in [4.69, 9.17) is 15.9 Å². The second kappa shape index (κ2) is 9.18. The third kappa shape index (κ3) is 12.2. The molecule has 0 aromatic rings. The lowest BCUT2D eigenvalue weighted by atomic mass is 9.94. The summed E-state index contributed by atoms with van der Waals surface area (Å²) in [6, 6.07) is -1.29. The fraction of sp³-hybridized carbons (Fsp3) is 0.692. The summed E-state index contributed by atoms with van der Waals surface area (Å²) < 4.78 is 0.309. The average Bonchev–Trinajstić information content (AvgIpc) is 2.24. The SMILES string of the molecule is CC(=O)[C@@](O)(CC(=O)[O-])C[N+](C)(C)C.N[C@@H](CC(=O)O)C(=O)O. The van der Waals surface area contributed by atoms with Crippen LogP contribution in [0.5, 0.6) is 0 Å². The molecule has 0 aromatic carbocycles. The molecule has 10 heteroatoms. The van der Waals surface area contributed by atoms with Gasteiger partial charge in [-0.25, -0.2) is 0 Å². The van der Waals surface area contributed by atoms with Gasteiger partial charge in [-0.05, 0) is 6.92 Å². The minimum atomic E-state index is -1.82. The van der Waals surface area contributed by atoms with Crippen molar-refractivity contribution >= 4 is 23.7 Å². The van der Waals surface area contributed by atoms with Gasteiger partial charge in [0.25, 0.3) is 0 Å². The molecule has 0 saturated carbocycles. The molecule has 5 N–H and O–H groups in total. The molecule has 0 amide bonds. The Bertz CT molecular complexity index is 457. The van der Waals surface area contributed by atoms with E-state index in [1.54, 1.807) is 21.1 Å². The Morgan fingerprint density at radius 3 is 1.78 bits per heavy atom. The summed E-state index contributed by atoms with van der Waals surface area (Å²) >= 11 is 0. The molecule has 0 radical (unpaired) electrons. The molecule has 0 aliphatic rings. The molecule has 0 spiro atoms. The number of carboxylic acid groups (broad SMARTS) is 3. The number of aliphatic carboxylic acids is 3. The van der Waals surface area contributed by atoms with Gasteiger partial charge >= 0.3 is 11.9 Å². The second-order valence-corrected chi connectivity index (χ2v) is 6.13. The largest absolute Gasteiger partial charge is 0.550 e. The van der Waals surface area contributed by atoms with Crippen LogP contribution >= 0.6 is 0 Å². The van der Waals surface area contributed by atoms with Crippen molar-refractivity contribution in [2.24, 2.45) is 5.73 Å². The van der Waals surface area contributed by atoms with E-state index in [1.165, 1.54) is 6.92 Å². The summed E-state index contributed by atoms with van der Waals surface area (Å²) in [5.74, 6) is -4.46. The predicted octanol–water partition coefficient (Wildman–Crippen LogP) is -2.97. The molecule has 0 fully saturated rings. The highest BCUT2D eigenvalue weighted by atomic mass is 16.4. The van der Waals surface area contributed by atoms with Crippen molar-refractivity contribution in [2.45, 2.75) is 31.4 Å². The summed E-state index contributed by atoms with van der Waals surface area (Å²) in [6.07, 6.45) is -1.19. The molecule has 134 valence electrons. The van der Waals surface area contributed by atoms with Crippen molar-refractivity contribution in [3.8, 4) is 0 Å². The van der Waals surface area contributed by atoms with Crippen molar-refractivity contribution in [2.75, 3.05) is 27.7 Å². The fourth-order valence-corrected chi connectivity index (χ4v) is 1.59. The molecule has 0 saturated heterocycles. The van der Waals surface area contributed by atoms with Gasteiger partial charge in [0.15, 0.2) is 11.4 Å². The van der Waals surface area contributed by atoms with Crippen LogP contribution in [-0.4, -0.2) is 82.8 Å². The third-order valence-corrected chi connectivity index (χ3v) is 2.54. The zero-order chi connectivity index (χ0) is 19.0. The highest BCUT2D eigenvalue weighted by Crippen LogP contribution is 2.15. The summed E-state index contributed by atoms with van der Waals surface area (Å²) in [4.78, 5) is 41.1. The minimum Gasteiger partial charge on any atom is -0.550 e. The van der Waals surface area contributed by atoms with Crippen LogP contribution in [0.25, 0.3) is 0 Å². The van der Waals surface area contributed by atoms with Crippen LogP contribution in [0.2, 0.25) is 0 Å². The van der Waals surface area contributed by atoms with Gasteiger partial charge < -0.3 is 35.4 Å². The smallest absolute Gasteiger partial charge is 0.321 e. The Balaban J connectivity index is 0. The standard InChI is InChI=1S/C9H17NO4.C4H7NO4/c1-7(11)9(14,5-8(12)13)6-10(2,3)4;5-2(4(8)9)1-3(6)7/h14H,5-6H2,1-4H3;2H,1,5H2,(H,6,7)(H,8,9)/t9-;2-/m10/s1. The molecular formula is C13H24N2O8. The van der Waals surface area contributed by atoms with Crippen LogP contribution in [0.1, 0.15) is 19.8 Å². The van der Waals surface area contributed by atoms with Crippen LogP contribution in [0, 0.1) is 0 Å². The highest BCUT2D eigenvalue weighted by molar-refractivity contribution is 5.88. The molecule has 10 nitrogen and oxygen atoms in total. The Labute approximate surface area is 133 Å². The van der Waals surface area contributed by atoms with Crippen LogP contribution in [0.15, 0.2) is 0 Å². The number of hydrogen-bond acceptors (Lipinski definition) is 7. The van der Waals surface area contributed by atoms with E-state index in [1.807, 2.05) is 0 Å². The number of carboxylic acids is 3. The third-order valence-electron chi connectivity index (χ3n) is 2.54. The lowest BCUT2D eigenvalue weighted by Gasteiger charge is -2.34. The minimum absolute atomic E-state index is 0.0519. The van der Waals surface area contributed by atoms with Gasteiger partial charge in [-0.1, -0.05) is 0 Å². The Hall–Kier alpha value is -2.04. The highest BCUT2D eigenvalue weighted by Gasteiger charge is 2.38. The van der Waals surface area contributed by atoms with E-state index >= 15 is 0 Å². The van der Waals surface area contributed by atoms with Crippen molar-refractivity contribution in [3.05, 3.63) is 0 Å². The summed E-state index contributed by atoms with van der Waals surface area (Å²) in [6.45, 7) is 1.23. The normalized spacial score (nSPS) is 14.7. The number of ketones is 1. The number of carbonyl (C=O) groups is 4. The predicted molar refractivity (Wildman–Crippen MR) is 76.0 cm³/mol. The molecule has 0 rings (SSSR count). The zero-order valence-corrected chi connectivity index (χ0v) is 13.6. The summed E-state index contributed by atoms with van der Waals surface area (Å²) in [5, 5.41) is 36.2. The fourth-order valence-electron chi connectivity index (χ4n) is 1.59. The number of likely N-dealkylation sites (N-methyl/N-ethyl adjacent to an activating group) is 1. The van der Waals surface area contributed by atoms with E-state index in [-0.39, 0.29) is 6.54 Å². The van der Waals surface area contributed by atoms with Gasteiger partial charge in [0.2, 0.25) is 0 Å². The van der Waals surface area contributed by atoms with Crippen LogP contribution < -0.4 is 10.8 Å².